The van der Waals surface area contributed by atoms with Crippen LogP contribution in [-0.2, 0) is 19.6 Å². The van der Waals surface area contributed by atoms with E-state index < -0.39 is 16.0 Å². The number of anilines is 2. The number of ether oxygens (including phenoxy) is 1. The predicted octanol–water partition coefficient (Wildman–Crippen LogP) is 4.32. The Morgan fingerprint density at radius 1 is 1.16 bits per heavy atom. The van der Waals surface area contributed by atoms with E-state index in [1.807, 2.05) is 6.92 Å². The molecule has 2 aromatic carbocycles. The summed E-state index contributed by atoms with van der Waals surface area (Å²) >= 11 is 6.13. The molecule has 2 rings (SSSR count). The van der Waals surface area contributed by atoms with Crippen LogP contribution in [0.3, 0.4) is 0 Å². The quantitative estimate of drug-likeness (QED) is 0.555. The van der Waals surface area contributed by atoms with E-state index in [1.54, 1.807) is 50.2 Å². The zero-order chi connectivity index (χ0) is 23.2. The summed E-state index contributed by atoms with van der Waals surface area (Å²) in [5.41, 5.74) is 2.82. The van der Waals surface area contributed by atoms with Gasteiger partial charge in [0.2, 0.25) is 15.9 Å². The first-order valence-corrected chi connectivity index (χ1v) is 12.1. The van der Waals surface area contributed by atoms with Crippen LogP contribution in [0.25, 0.3) is 0 Å². The van der Waals surface area contributed by atoms with Crippen LogP contribution >= 0.6 is 11.6 Å². The highest BCUT2D eigenvalue weighted by Gasteiger charge is 2.20. The molecule has 0 saturated carbocycles. The molecule has 0 aliphatic carbocycles. The maximum atomic E-state index is 12.4. The summed E-state index contributed by atoms with van der Waals surface area (Å²) in [6.07, 6.45) is 1.54. The van der Waals surface area contributed by atoms with Crippen molar-refractivity contribution in [2.75, 3.05) is 29.0 Å². The Morgan fingerprint density at radius 3 is 2.52 bits per heavy atom. The molecule has 0 aliphatic rings. The monoisotopic (exact) mass is 466 g/mol. The number of sulfonamides is 1. The standard InChI is InChI=1S/C22H27ClN2O5S/c1-5-30-22(27)17-12-11-15(2)19(14-17)24-21(26)10-7-13-25(31(4,28)29)20-9-6-8-18(23)16(20)3/h6,8-9,11-12,14H,5,7,10,13H2,1-4H3,(H,24,26). The van der Waals surface area contributed by atoms with E-state index in [4.69, 9.17) is 16.3 Å². The average Bonchev–Trinajstić information content (AvgIpc) is 2.69. The first-order valence-electron chi connectivity index (χ1n) is 9.85. The Bertz CT molecular complexity index is 1070. The molecule has 9 heteroatoms. The van der Waals surface area contributed by atoms with E-state index >= 15 is 0 Å². The van der Waals surface area contributed by atoms with Gasteiger partial charge in [0.05, 0.1) is 24.1 Å². The molecular formula is C22H27ClN2O5S. The first-order chi connectivity index (χ1) is 14.5. The molecule has 31 heavy (non-hydrogen) atoms. The third kappa shape index (κ3) is 6.70. The van der Waals surface area contributed by atoms with Gasteiger partial charge in [0, 0.05) is 23.7 Å². The summed E-state index contributed by atoms with van der Waals surface area (Å²) in [5.74, 6) is -0.737. The van der Waals surface area contributed by atoms with Gasteiger partial charge in [-0.2, -0.15) is 0 Å². The summed E-state index contributed by atoms with van der Waals surface area (Å²) in [4.78, 5) is 24.4. The fourth-order valence-corrected chi connectivity index (χ4v) is 4.21. The van der Waals surface area contributed by atoms with Crippen LogP contribution < -0.4 is 9.62 Å². The van der Waals surface area contributed by atoms with Crippen LogP contribution in [0.4, 0.5) is 11.4 Å². The maximum Gasteiger partial charge on any atom is 0.338 e. The lowest BCUT2D eigenvalue weighted by molar-refractivity contribution is -0.116. The average molecular weight is 467 g/mol. The molecule has 0 spiro atoms. The van der Waals surface area contributed by atoms with Crippen LogP contribution in [0.2, 0.25) is 5.02 Å². The summed E-state index contributed by atoms with van der Waals surface area (Å²) in [7, 11) is -3.55. The van der Waals surface area contributed by atoms with Crippen molar-refractivity contribution >= 4 is 44.9 Å². The highest BCUT2D eigenvalue weighted by atomic mass is 35.5. The summed E-state index contributed by atoms with van der Waals surface area (Å²) < 4.78 is 30.8. The number of nitrogens with zero attached hydrogens (tertiary/aromatic N) is 1. The maximum absolute atomic E-state index is 12.4. The molecule has 0 aromatic heterocycles. The minimum Gasteiger partial charge on any atom is -0.462 e. The molecule has 0 fully saturated rings. The van der Waals surface area contributed by atoms with Crippen molar-refractivity contribution in [3.05, 3.63) is 58.1 Å². The molecule has 7 nitrogen and oxygen atoms in total. The fraction of sp³-hybridized carbons (Fsp3) is 0.364. The van der Waals surface area contributed by atoms with Crippen molar-refractivity contribution < 1.29 is 22.7 Å². The molecule has 0 radical (unpaired) electrons. The van der Waals surface area contributed by atoms with E-state index in [0.29, 0.717) is 33.9 Å². The molecule has 2 aromatic rings. The van der Waals surface area contributed by atoms with E-state index in [9.17, 15) is 18.0 Å². The molecular weight excluding hydrogens is 440 g/mol. The van der Waals surface area contributed by atoms with Gasteiger partial charge in [0.15, 0.2) is 0 Å². The molecule has 168 valence electrons. The lowest BCUT2D eigenvalue weighted by Gasteiger charge is -2.24. The van der Waals surface area contributed by atoms with Gasteiger partial charge in [-0.15, -0.1) is 0 Å². The van der Waals surface area contributed by atoms with Gasteiger partial charge in [-0.1, -0.05) is 23.7 Å². The summed E-state index contributed by atoms with van der Waals surface area (Å²) in [5, 5.41) is 3.26. The number of aryl methyl sites for hydroxylation is 1. The molecule has 0 aliphatic heterocycles. The normalized spacial score (nSPS) is 11.1. The molecule has 0 heterocycles. The topological polar surface area (TPSA) is 92.8 Å². The fourth-order valence-electron chi connectivity index (χ4n) is 3.03. The van der Waals surface area contributed by atoms with Crippen molar-refractivity contribution in [1.29, 1.82) is 0 Å². The Balaban J connectivity index is 2.06. The van der Waals surface area contributed by atoms with Crippen molar-refractivity contribution in [2.45, 2.75) is 33.6 Å². The van der Waals surface area contributed by atoms with Gasteiger partial charge in [-0.3, -0.25) is 9.10 Å². The zero-order valence-corrected chi connectivity index (χ0v) is 19.6. The second-order valence-corrected chi connectivity index (χ2v) is 9.44. The van der Waals surface area contributed by atoms with Crippen LogP contribution in [0.1, 0.15) is 41.3 Å². The number of carbonyl (C=O) groups excluding carboxylic acids is 2. The smallest absolute Gasteiger partial charge is 0.338 e. The van der Waals surface area contributed by atoms with Gasteiger partial charge < -0.3 is 10.1 Å². The second-order valence-electron chi connectivity index (χ2n) is 7.12. The van der Waals surface area contributed by atoms with Gasteiger partial charge in [0.25, 0.3) is 0 Å². The lowest BCUT2D eigenvalue weighted by Crippen LogP contribution is -2.32. The number of hydrogen-bond donors (Lipinski definition) is 1. The van der Waals surface area contributed by atoms with Gasteiger partial charge >= 0.3 is 5.97 Å². The van der Waals surface area contributed by atoms with Crippen molar-refractivity contribution in [3.8, 4) is 0 Å². The van der Waals surface area contributed by atoms with Crippen LogP contribution in [-0.4, -0.2) is 39.7 Å². The summed E-state index contributed by atoms with van der Waals surface area (Å²) in [6, 6.07) is 10.0. The van der Waals surface area contributed by atoms with Crippen molar-refractivity contribution in [1.82, 2.24) is 0 Å². The number of halogens is 1. The van der Waals surface area contributed by atoms with Crippen LogP contribution in [0, 0.1) is 13.8 Å². The number of rotatable bonds is 9. The Kier molecular flexibility index (Phi) is 8.47. The number of carbonyl (C=O) groups is 2. The largest absolute Gasteiger partial charge is 0.462 e. The molecule has 1 N–H and O–H groups in total. The third-order valence-electron chi connectivity index (χ3n) is 4.70. The Hall–Kier alpha value is -2.58. The first kappa shape index (κ1) is 24.7. The number of nitrogens with one attached hydrogen (secondary N) is 1. The number of esters is 1. The van der Waals surface area contributed by atoms with Crippen molar-refractivity contribution in [2.24, 2.45) is 0 Å². The Morgan fingerprint density at radius 2 is 1.87 bits per heavy atom. The van der Waals surface area contributed by atoms with Crippen LogP contribution in [0.15, 0.2) is 36.4 Å². The predicted molar refractivity (Wildman–Crippen MR) is 123 cm³/mol. The SMILES string of the molecule is CCOC(=O)c1ccc(C)c(NC(=O)CCCN(c2cccc(Cl)c2C)S(C)(=O)=O)c1. The molecule has 0 atom stereocenters. The highest BCUT2D eigenvalue weighted by Crippen LogP contribution is 2.28. The Labute approximate surface area is 188 Å². The zero-order valence-electron chi connectivity index (χ0n) is 18.1. The number of hydrogen-bond acceptors (Lipinski definition) is 5. The molecule has 0 unspecified atom stereocenters. The van der Waals surface area contributed by atoms with E-state index in [0.717, 1.165) is 11.8 Å². The van der Waals surface area contributed by atoms with Crippen molar-refractivity contribution in [3.63, 3.8) is 0 Å². The second kappa shape index (κ2) is 10.6. The molecule has 0 bridgehead atoms. The lowest BCUT2D eigenvalue weighted by atomic mass is 10.1. The number of benzene rings is 2. The molecule has 0 saturated heterocycles. The van der Waals surface area contributed by atoms with Gasteiger partial charge in [-0.25, -0.2) is 13.2 Å². The highest BCUT2D eigenvalue weighted by molar-refractivity contribution is 7.92. The third-order valence-corrected chi connectivity index (χ3v) is 6.29. The van der Waals surface area contributed by atoms with E-state index in [2.05, 4.69) is 5.32 Å². The minimum atomic E-state index is -3.55. The van der Waals surface area contributed by atoms with E-state index in [1.165, 1.54) is 4.31 Å². The minimum absolute atomic E-state index is 0.106. The molecule has 1 amide bonds. The summed E-state index contributed by atoms with van der Waals surface area (Å²) in [6.45, 7) is 5.69. The van der Waals surface area contributed by atoms with Crippen LogP contribution in [0.5, 0.6) is 0 Å². The van der Waals surface area contributed by atoms with Gasteiger partial charge in [0.1, 0.15) is 0 Å². The van der Waals surface area contributed by atoms with E-state index in [-0.39, 0.29) is 25.5 Å². The number of amides is 1. The van der Waals surface area contributed by atoms with Gasteiger partial charge in [-0.05, 0) is 62.6 Å².